The van der Waals surface area contributed by atoms with Crippen LogP contribution in [0, 0.1) is 5.92 Å². The van der Waals surface area contributed by atoms with Crippen molar-refractivity contribution in [3.05, 3.63) is 52.2 Å². The summed E-state index contributed by atoms with van der Waals surface area (Å²) in [4.78, 5) is 24.5. The zero-order valence-electron chi connectivity index (χ0n) is 12.9. The molecule has 0 saturated heterocycles. The molecule has 0 aliphatic carbocycles. The number of thiophene rings is 1. The van der Waals surface area contributed by atoms with Gasteiger partial charge in [0.15, 0.2) is 0 Å². The van der Waals surface area contributed by atoms with E-state index in [2.05, 4.69) is 24.5 Å². The van der Waals surface area contributed by atoms with E-state index in [0.717, 1.165) is 4.88 Å². The predicted molar refractivity (Wildman–Crippen MR) is 90.1 cm³/mol. The van der Waals surface area contributed by atoms with Gasteiger partial charge in [0.25, 0.3) is 5.91 Å². The number of rotatable bonds is 5. The maximum Gasteiger partial charge on any atom is 0.251 e. The van der Waals surface area contributed by atoms with Crippen molar-refractivity contribution < 1.29 is 9.59 Å². The van der Waals surface area contributed by atoms with Crippen LogP contribution in [0.3, 0.4) is 0 Å². The smallest absolute Gasteiger partial charge is 0.251 e. The first-order chi connectivity index (χ1) is 10.5. The standard InChI is InChI=1S/C17H20N2O2S/c1-11(2)16(15-5-4-10-22-15)19-17(21)13-6-8-14(9-7-13)18-12(3)20/h4-11,16H,1-3H3,(H,18,20)(H,19,21). The number of benzene rings is 1. The second kappa shape index (κ2) is 7.22. The van der Waals surface area contributed by atoms with Gasteiger partial charge in [0.05, 0.1) is 6.04 Å². The van der Waals surface area contributed by atoms with Crippen molar-refractivity contribution >= 4 is 28.8 Å². The van der Waals surface area contributed by atoms with E-state index in [4.69, 9.17) is 0 Å². The fourth-order valence-electron chi connectivity index (χ4n) is 2.17. The molecule has 2 aromatic rings. The van der Waals surface area contributed by atoms with Crippen molar-refractivity contribution in [2.24, 2.45) is 5.92 Å². The molecule has 5 heteroatoms. The van der Waals surface area contributed by atoms with E-state index in [1.165, 1.54) is 6.92 Å². The summed E-state index contributed by atoms with van der Waals surface area (Å²) in [6, 6.07) is 10.9. The Morgan fingerprint density at radius 1 is 1.09 bits per heavy atom. The number of carbonyl (C=O) groups excluding carboxylic acids is 2. The summed E-state index contributed by atoms with van der Waals surface area (Å²) < 4.78 is 0. The Hall–Kier alpha value is -2.14. The average Bonchev–Trinajstić information content (AvgIpc) is 2.98. The van der Waals surface area contributed by atoms with Gasteiger partial charge in [-0.2, -0.15) is 0 Å². The van der Waals surface area contributed by atoms with Gasteiger partial charge in [-0.15, -0.1) is 11.3 Å². The summed E-state index contributed by atoms with van der Waals surface area (Å²) in [7, 11) is 0. The molecule has 0 saturated carbocycles. The molecule has 1 aromatic carbocycles. The van der Waals surface area contributed by atoms with Gasteiger partial charge in [-0.05, 0) is 41.6 Å². The van der Waals surface area contributed by atoms with Gasteiger partial charge in [0, 0.05) is 23.1 Å². The van der Waals surface area contributed by atoms with Crippen LogP contribution in [0.15, 0.2) is 41.8 Å². The average molecular weight is 316 g/mol. The molecule has 1 aromatic heterocycles. The minimum atomic E-state index is -0.130. The van der Waals surface area contributed by atoms with Crippen LogP contribution in [-0.4, -0.2) is 11.8 Å². The van der Waals surface area contributed by atoms with Crippen LogP contribution in [0.2, 0.25) is 0 Å². The van der Waals surface area contributed by atoms with Crippen molar-refractivity contribution in [1.82, 2.24) is 5.32 Å². The van der Waals surface area contributed by atoms with E-state index >= 15 is 0 Å². The fourth-order valence-corrected chi connectivity index (χ4v) is 3.12. The topological polar surface area (TPSA) is 58.2 Å². The summed E-state index contributed by atoms with van der Waals surface area (Å²) in [5.74, 6) is 0.0671. The molecule has 0 spiro atoms. The first kappa shape index (κ1) is 16.2. The Morgan fingerprint density at radius 2 is 1.77 bits per heavy atom. The lowest BCUT2D eigenvalue weighted by molar-refractivity contribution is -0.114. The molecule has 0 aliphatic rings. The quantitative estimate of drug-likeness (QED) is 0.880. The molecule has 22 heavy (non-hydrogen) atoms. The Kier molecular flexibility index (Phi) is 5.33. The second-order valence-electron chi connectivity index (χ2n) is 5.47. The lowest BCUT2D eigenvalue weighted by Crippen LogP contribution is -2.31. The Labute approximate surface area is 134 Å². The highest BCUT2D eigenvalue weighted by Crippen LogP contribution is 2.26. The molecular weight excluding hydrogens is 296 g/mol. The largest absolute Gasteiger partial charge is 0.344 e. The molecule has 1 heterocycles. The molecule has 0 bridgehead atoms. The van der Waals surface area contributed by atoms with Crippen LogP contribution in [-0.2, 0) is 4.79 Å². The summed E-state index contributed by atoms with van der Waals surface area (Å²) in [5.41, 5.74) is 1.26. The first-order valence-corrected chi connectivity index (χ1v) is 8.07. The fraction of sp³-hybridized carbons (Fsp3) is 0.294. The molecule has 1 unspecified atom stereocenters. The third kappa shape index (κ3) is 4.18. The van der Waals surface area contributed by atoms with Gasteiger partial charge >= 0.3 is 0 Å². The van der Waals surface area contributed by atoms with E-state index in [1.54, 1.807) is 35.6 Å². The van der Waals surface area contributed by atoms with Crippen molar-refractivity contribution in [3.63, 3.8) is 0 Å². The van der Waals surface area contributed by atoms with Gasteiger partial charge in [-0.3, -0.25) is 9.59 Å². The van der Waals surface area contributed by atoms with Gasteiger partial charge in [-0.25, -0.2) is 0 Å². The molecule has 2 rings (SSSR count). The summed E-state index contributed by atoms with van der Waals surface area (Å²) >= 11 is 1.64. The maximum absolute atomic E-state index is 12.4. The SMILES string of the molecule is CC(=O)Nc1ccc(C(=O)NC(c2cccs2)C(C)C)cc1. The summed E-state index contributed by atoms with van der Waals surface area (Å²) in [5, 5.41) is 7.78. The normalized spacial score (nSPS) is 12.0. The lowest BCUT2D eigenvalue weighted by atomic mass is 10.0. The highest BCUT2D eigenvalue weighted by atomic mass is 32.1. The number of nitrogens with one attached hydrogen (secondary N) is 2. The molecule has 4 nitrogen and oxygen atoms in total. The maximum atomic E-state index is 12.4. The van der Waals surface area contributed by atoms with Gasteiger partial charge in [0.1, 0.15) is 0 Å². The minimum absolute atomic E-state index is 0.00233. The Balaban J connectivity index is 2.09. The first-order valence-electron chi connectivity index (χ1n) is 7.19. The predicted octanol–water partition coefficient (Wildman–Crippen LogP) is 3.83. The third-order valence-electron chi connectivity index (χ3n) is 3.27. The van der Waals surface area contributed by atoms with Crippen molar-refractivity contribution in [2.45, 2.75) is 26.8 Å². The van der Waals surface area contributed by atoms with Crippen LogP contribution >= 0.6 is 11.3 Å². The molecule has 116 valence electrons. The van der Waals surface area contributed by atoms with E-state index in [9.17, 15) is 9.59 Å². The van der Waals surface area contributed by atoms with E-state index in [0.29, 0.717) is 17.2 Å². The van der Waals surface area contributed by atoms with Crippen molar-refractivity contribution in [1.29, 1.82) is 0 Å². The number of carbonyl (C=O) groups is 2. The zero-order valence-corrected chi connectivity index (χ0v) is 13.7. The van der Waals surface area contributed by atoms with Crippen LogP contribution in [0.4, 0.5) is 5.69 Å². The van der Waals surface area contributed by atoms with Crippen molar-refractivity contribution in [2.75, 3.05) is 5.32 Å². The van der Waals surface area contributed by atoms with Crippen LogP contribution in [0.1, 0.15) is 42.0 Å². The van der Waals surface area contributed by atoms with Gasteiger partial charge in [0.2, 0.25) is 5.91 Å². The molecule has 2 amide bonds. The molecule has 0 radical (unpaired) electrons. The summed E-state index contributed by atoms with van der Waals surface area (Å²) in [6.45, 7) is 5.63. The Bertz CT molecular complexity index is 633. The summed E-state index contributed by atoms with van der Waals surface area (Å²) in [6.07, 6.45) is 0. The van der Waals surface area contributed by atoms with Crippen molar-refractivity contribution in [3.8, 4) is 0 Å². The highest BCUT2D eigenvalue weighted by molar-refractivity contribution is 7.10. The minimum Gasteiger partial charge on any atom is -0.344 e. The number of hydrogen-bond donors (Lipinski definition) is 2. The Morgan fingerprint density at radius 3 is 2.27 bits per heavy atom. The van der Waals surface area contributed by atoms with E-state index < -0.39 is 0 Å². The van der Waals surface area contributed by atoms with Gasteiger partial charge in [-0.1, -0.05) is 19.9 Å². The van der Waals surface area contributed by atoms with Crippen LogP contribution < -0.4 is 10.6 Å². The monoisotopic (exact) mass is 316 g/mol. The van der Waals surface area contributed by atoms with Crippen LogP contribution in [0.25, 0.3) is 0 Å². The zero-order chi connectivity index (χ0) is 16.1. The molecule has 0 aliphatic heterocycles. The highest BCUT2D eigenvalue weighted by Gasteiger charge is 2.19. The molecule has 1 atom stereocenters. The molecule has 0 fully saturated rings. The third-order valence-corrected chi connectivity index (χ3v) is 4.23. The van der Waals surface area contributed by atoms with E-state index in [1.807, 2.05) is 17.5 Å². The van der Waals surface area contributed by atoms with E-state index in [-0.39, 0.29) is 17.9 Å². The number of anilines is 1. The molecule has 2 N–H and O–H groups in total. The number of hydrogen-bond acceptors (Lipinski definition) is 3. The lowest BCUT2D eigenvalue weighted by Gasteiger charge is -2.21. The number of amides is 2. The second-order valence-corrected chi connectivity index (χ2v) is 6.45. The van der Waals surface area contributed by atoms with Crippen LogP contribution in [0.5, 0.6) is 0 Å². The molecular formula is C17H20N2O2S. The van der Waals surface area contributed by atoms with Gasteiger partial charge < -0.3 is 10.6 Å².